The number of carbonyl (C=O) groups excluding carboxylic acids is 1. The molecule has 2 aromatic carbocycles. The van der Waals surface area contributed by atoms with E-state index in [0.717, 1.165) is 11.3 Å². The number of amides is 1. The molecule has 3 aromatic rings. The first-order chi connectivity index (χ1) is 13.0. The third-order valence-electron chi connectivity index (χ3n) is 4.06. The van der Waals surface area contributed by atoms with Crippen LogP contribution in [0.1, 0.15) is 11.3 Å². The molecule has 2 N–H and O–H groups in total. The molecule has 140 valence electrons. The quantitative estimate of drug-likeness (QED) is 0.702. The van der Waals surface area contributed by atoms with Gasteiger partial charge in [-0.25, -0.2) is 4.79 Å². The number of hydrogen-bond donors (Lipinski definition) is 2. The van der Waals surface area contributed by atoms with Gasteiger partial charge in [-0.1, -0.05) is 18.2 Å². The minimum Gasteiger partial charge on any atom is -0.493 e. The van der Waals surface area contributed by atoms with E-state index in [1.165, 1.54) is 4.57 Å². The molecular formula is C20H21N3O4. The van der Waals surface area contributed by atoms with E-state index in [1.54, 1.807) is 43.6 Å². The first-order valence-corrected chi connectivity index (χ1v) is 8.43. The highest BCUT2D eigenvalue weighted by Gasteiger charge is 2.13. The molecule has 7 nitrogen and oxygen atoms in total. The third kappa shape index (κ3) is 4.03. The molecule has 0 aliphatic heterocycles. The highest BCUT2D eigenvalue weighted by molar-refractivity contribution is 5.94. The van der Waals surface area contributed by atoms with E-state index in [9.17, 15) is 9.59 Å². The summed E-state index contributed by atoms with van der Waals surface area (Å²) in [5, 5.41) is 2.79. The zero-order valence-electron chi connectivity index (χ0n) is 15.4. The second kappa shape index (κ2) is 7.82. The molecule has 1 aromatic heterocycles. The summed E-state index contributed by atoms with van der Waals surface area (Å²) in [5.41, 5.74) is 2.61. The van der Waals surface area contributed by atoms with Crippen LogP contribution in [0.5, 0.6) is 11.5 Å². The summed E-state index contributed by atoms with van der Waals surface area (Å²) in [4.78, 5) is 27.1. The van der Waals surface area contributed by atoms with Gasteiger partial charge in [0.2, 0.25) is 0 Å². The predicted molar refractivity (Wildman–Crippen MR) is 103 cm³/mol. The van der Waals surface area contributed by atoms with Gasteiger partial charge in [0, 0.05) is 11.9 Å². The van der Waals surface area contributed by atoms with Gasteiger partial charge in [0.25, 0.3) is 5.91 Å². The van der Waals surface area contributed by atoms with E-state index < -0.39 is 0 Å². The number of aryl methyl sites for hydroxylation is 2. The van der Waals surface area contributed by atoms with Crippen LogP contribution >= 0.6 is 0 Å². The lowest BCUT2D eigenvalue weighted by Crippen LogP contribution is -2.23. The lowest BCUT2D eigenvalue weighted by atomic mass is 10.2. The SMILES string of the molecule is COc1cc(C)ccc1OCC(=O)Nc1ccccc1-n1c(C)c[nH]c1=O. The van der Waals surface area contributed by atoms with Crippen LogP contribution in [0.25, 0.3) is 5.69 Å². The average molecular weight is 367 g/mol. The molecule has 3 rings (SSSR count). The second-order valence-electron chi connectivity index (χ2n) is 6.08. The highest BCUT2D eigenvalue weighted by atomic mass is 16.5. The topological polar surface area (TPSA) is 85.3 Å². The normalized spacial score (nSPS) is 10.5. The summed E-state index contributed by atoms with van der Waals surface area (Å²) < 4.78 is 12.4. The van der Waals surface area contributed by atoms with Gasteiger partial charge in [0.05, 0.1) is 18.5 Å². The number of hydrogen-bond acceptors (Lipinski definition) is 4. The fourth-order valence-corrected chi connectivity index (χ4v) is 2.75. The van der Waals surface area contributed by atoms with E-state index in [1.807, 2.05) is 26.0 Å². The maximum Gasteiger partial charge on any atom is 0.330 e. The number of benzene rings is 2. The number of ether oxygens (including phenoxy) is 2. The minimum absolute atomic E-state index is 0.186. The summed E-state index contributed by atoms with van der Waals surface area (Å²) in [6, 6.07) is 12.6. The molecule has 1 amide bonds. The number of methoxy groups -OCH3 is 1. The highest BCUT2D eigenvalue weighted by Crippen LogP contribution is 2.27. The molecule has 0 aliphatic carbocycles. The van der Waals surface area contributed by atoms with Gasteiger partial charge in [-0.3, -0.25) is 9.36 Å². The Labute approximate surface area is 156 Å². The average Bonchev–Trinajstić information content (AvgIpc) is 2.99. The summed E-state index contributed by atoms with van der Waals surface area (Å²) in [6.07, 6.45) is 1.62. The zero-order chi connectivity index (χ0) is 19.4. The van der Waals surface area contributed by atoms with Crippen molar-refractivity contribution in [2.45, 2.75) is 13.8 Å². The van der Waals surface area contributed by atoms with Crippen molar-refractivity contribution in [3.8, 4) is 17.2 Å². The molecule has 0 aliphatic rings. The predicted octanol–water partition coefficient (Wildman–Crippen LogP) is 2.81. The number of H-pyrrole nitrogens is 1. The van der Waals surface area contributed by atoms with Crippen molar-refractivity contribution in [3.63, 3.8) is 0 Å². The molecule has 0 saturated carbocycles. The molecule has 0 radical (unpaired) electrons. The van der Waals surface area contributed by atoms with Gasteiger partial charge in [0.1, 0.15) is 0 Å². The van der Waals surface area contributed by atoms with E-state index in [4.69, 9.17) is 9.47 Å². The zero-order valence-corrected chi connectivity index (χ0v) is 15.4. The first kappa shape index (κ1) is 18.3. The molecule has 0 fully saturated rings. The molecular weight excluding hydrogens is 346 g/mol. The summed E-state index contributed by atoms with van der Waals surface area (Å²) in [6.45, 7) is 3.57. The Balaban J connectivity index is 1.75. The van der Waals surface area contributed by atoms with E-state index in [2.05, 4.69) is 10.3 Å². The summed E-state index contributed by atoms with van der Waals surface area (Å²) in [7, 11) is 1.55. The van der Waals surface area contributed by atoms with Crippen molar-refractivity contribution < 1.29 is 14.3 Å². The van der Waals surface area contributed by atoms with Gasteiger partial charge < -0.3 is 19.8 Å². The number of imidazole rings is 1. The fourth-order valence-electron chi connectivity index (χ4n) is 2.75. The molecule has 0 unspecified atom stereocenters. The van der Waals surface area contributed by atoms with Gasteiger partial charge in [0.15, 0.2) is 18.1 Å². The number of para-hydroxylation sites is 2. The Morgan fingerprint density at radius 2 is 1.93 bits per heavy atom. The summed E-state index contributed by atoms with van der Waals surface area (Å²) in [5.74, 6) is 0.716. The number of carbonyl (C=O) groups is 1. The van der Waals surface area contributed by atoms with Crippen molar-refractivity contribution in [1.82, 2.24) is 9.55 Å². The van der Waals surface area contributed by atoms with Gasteiger partial charge >= 0.3 is 5.69 Å². The number of anilines is 1. The molecule has 0 bridgehead atoms. The summed E-state index contributed by atoms with van der Waals surface area (Å²) >= 11 is 0. The Bertz CT molecular complexity index is 1020. The van der Waals surface area contributed by atoms with Gasteiger partial charge in [-0.2, -0.15) is 0 Å². The smallest absolute Gasteiger partial charge is 0.330 e. The van der Waals surface area contributed by atoms with Crippen LogP contribution in [0.2, 0.25) is 0 Å². The van der Waals surface area contributed by atoms with Crippen molar-refractivity contribution in [2.75, 3.05) is 19.0 Å². The van der Waals surface area contributed by atoms with Crippen LogP contribution in [0.4, 0.5) is 5.69 Å². The number of aromatic amines is 1. The maximum atomic E-state index is 12.4. The number of rotatable bonds is 6. The number of aromatic nitrogens is 2. The van der Waals surface area contributed by atoms with Crippen molar-refractivity contribution >= 4 is 11.6 Å². The lowest BCUT2D eigenvalue weighted by molar-refractivity contribution is -0.118. The number of nitrogens with zero attached hydrogens (tertiary/aromatic N) is 1. The molecule has 7 heteroatoms. The van der Waals surface area contributed by atoms with Crippen molar-refractivity contribution in [2.24, 2.45) is 0 Å². The third-order valence-corrected chi connectivity index (χ3v) is 4.06. The van der Waals surface area contributed by atoms with Crippen LogP contribution < -0.4 is 20.5 Å². The first-order valence-electron chi connectivity index (χ1n) is 8.43. The molecule has 1 heterocycles. The van der Waals surface area contributed by atoms with Crippen molar-refractivity contribution in [3.05, 3.63) is 70.4 Å². The molecule has 0 saturated heterocycles. The Morgan fingerprint density at radius 1 is 1.15 bits per heavy atom. The van der Waals surface area contributed by atoms with E-state index in [0.29, 0.717) is 22.9 Å². The van der Waals surface area contributed by atoms with Crippen LogP contribution in [0.15, 0.2) is 53.5 Å². The van der Waals surface area contributed by atoms with Crippen LogP contribution in [-0.2, 0) is 4.79 Å². The fraction of sp³-hybridized carbons (Fsp3) is 0.200. The van der Waals surface area contributed by atoms with Gasteiger partial charge in [-0.05, 0) is 43.7 Å². The Kier molecular flexibility index (Phi) is 5.30. The molecule has 0 spiro atoms. The van der Waals surface area contributed by atoms with E-state index >= 15 is 0 Å². The lowest BCUT2D eigenvalue weighted by Gasteiger charge is -2.14. The second-order valence-corrected chi connectivity index (χ2v) is 6.08. The molecule has 0 atom stereocenters. The van der Waals surface area contributed by atoms with Crippen LogP contribution in [-0.4, -0.2) is 29.2 Å². The largest absolute Gasteiger partial charge is 0.493 e. The Hall–Kier alpha value is -3.48. The van der Waals surface area contributed by atoms with Crippen LogP contribution in [0, 0.1) is 13.8 Å². The standard InChI is InChI=1S/C20H21N3O4/c1-13-8-9-17(18(10-13)26-3)27-12-19(24)22-15-6-4-5-7-16(15)23-14(2)11-21-20(23)25/h4-11H,12H2,1-3H3,(H,21,25)(H,22,24). The minimum atomic E-state index is -0.341. The Morgan fingerprint density at radius 3 is 2.63 bits per heavy atom. The molecule has 27 heavy (non-hydrogen) atoms. The van der Waals surface area contributed by atoms with Crippen LogP contribution in [0.3, 0.4) is 0 Å². The van der Waals surface area contributed by atoms with Gasteiger partial charge in [-0.15, -0.1) is 0 Å². The monoisotopic (exact) mass is 367 g/mol. The maximum absolute atomic E-state index is 12.4. The van der Waals surface area contributed by atoms with Crippen molar-refractivity contribution in [1.29, 1.82) is 0 Å². The van der Waals surface area contributed by atoms with E-state index in [-0.39, 0.29) is 18.2 Å². The number of nitrogens with one attached hydrogen (secondary N) is 2.